The van der Waals surface area contributed by atoms with Crippen LogP contribution in [0.1, 0.15) is 71.7 Å². The van der Waals surface area contributed by atoms with Gasteiger partial charge < -0.3 is 5.11 Å². The highest BCUT2D eigenvalue weighted by atomic mass is 32.1. The van der Waals surface area contributed by atoms with E-state index < -0.39 is 5.97 Å². The molecule has 16 heavy (non-hydrogen) atoms. The van der Waals surface area contributed by atoms with E-state index in [4.69, 9.17) is 5.11 Å². The first kappa shape index (κ1) is 11.6. The summed E-state index contributed by atoms with van der Waals surface area (Å²) in [6, 6.07) is 0. The second-order valence-corrected chi connectivity index (χ2v) is 5.77. The quantitative estimate of drug-likeness (QED) is 0.876. The molecule has 1 aromatic rings. The van der Waals surface area contributed by atoms with Gasteiger partial charge in [0.1, 0.15) is 0 Å². The Kier molecular flexibility index (Phi) is 3.28. The fraction of sp³-hybridized carbons (Fsp3) is 0.667. The van der Waals surface area contributed by atoms with Crippen LogP contribution in [0.4, 0.5) is 0 Å². The third kappa shape index (κ3) is 2.12. The van der Waals surface area contributed by atoms with Crippen molar-refractivity contribution in [2.45, 2.75) is 51.4 Å². The molecule has 0 atom stereocenters. The number of carbonyl (C=O) groups is 1. The molecule has 0 saturated heterocycles. The average Bonchev–Trinajstić information content (AvgIpc) is 2.86. The monoisotopic (exact) mass is 239 g/mol. The smallest absolute Gasteiger partial charge is 0.355 e. The molecule has 0 aromatic carbocycles. The zero-order chi connectivity index (χ0) is 11.7. The molecule has 0 aliphatic heterocycles. The van der Waals surface area contributed by atoms with E-state index >= 15 is 0 Å². The van der Waals surface area contributed by atoms with Gasteiger partial charge in [0.25, 0.3) is 0 Å². The van der Waals surface area contributed by atoms with Crippen molar-refractivity contribution in [2.24, 2.45) is 0 Å². The van der Waals surface area contributed by atoms with E-state index in [2.05, 4.69) is 18.8 Å². The molecule has 4 heteroatoms. The summed E-state index contributed by atoms with van der Waals surface area (Å²) in [4.78, 5) is 16.4. The first-order chi connectivity index (χ1) is 7.59. The highest BCUT2D eigenvalue weighted by Crippen LogP contribution is 2.40. The minimum atomic E-state index is -0.870. The lowest BCUT2D eigenvalue weighted by Crippen LogP contribution is -2.03. The Morgan fingerprint density at radius 3 is 2.56 bits per heavy atom. The third-order valence-corrected chi connectivity index (χ3v) is 4.61. The summed E-state index contributed by atoms with van der Waals surface area (Å²) in [5.74, 6) is -0.112. The molecular formula is C12H17NO2S. The van der Waals surface area contributed by atoms with E-state index in [0.29, 0.717) is 17.5 Å². The Labute approximate surface area is 99.5 Å². The predicted molar refractivity (Wildman–Crippen MR) is 64.4 cm³/mol. The molecule has 0 amide bonds. The van der Waals surface area contributed by atoms with Gasteiger partial charge >= 0.3 is 5.97 Å². The molecule has 1 aliphatic rings. The van der Waals surface area contributed by atoms with E-state index in [-0.39, 0.29) is 0 Å². The normalized spacial score (nSPS) is 17.2. The number of aromatic carboxylic acids is 1. The van der Waals surface area contributed by atoms with Crippen LogP contribution in [0.25, 0.3) is 0 Å². The lowest BCUT2D eigenvalue weighted by molar-refractivity contribution is 0.0689. The van der Waals surface area contributed by atoms with Crippen molar-refractivity contribution < 1.29 is 9.90 Å². The number of aromatic nitrogens is 1. The van der Waals surface area contributed by atoms with Crippen molar-refractivity contribution >= 4 is 17.3 Å². The maximum absolute atomic E-state index is 11.2. The predicted octanol–water partition coefficient (Wildman–Crippen LogP) is 3.62. The van der Waals surface area contributed by atoms with Crippen molar-refractivity contribution in [3.63, 3.8) is 0 Å². The Balaban J connectivity index is 2.37. The Hall–Kier alpha value is -0.900. The second kappa shape index (κ2) is 4.53. The van der Waals surface area contributed by atoms with Crippen LogP contribution in [-0.4, -0.2) is 16.1 Å². The zero-order valence-corrected chi connectivity index (χ0v) is 10.5. The molecule has 1 N–H and O–H groups in total. The van der Waals surface area contributed by atoms with E-state index in [9.17, 15) is 4.79 Å². The van der Waals surface area contributed by atoms with Crippen molar-refractivity contribution in [2.75, 3.05) is 0 Å². The first-order valence-corrected chi connectivity index (χ1v) is 6.65. The zero-order valence-electron chi connectivity index (χ0n) is 9.69. The maximum Gasteiger partial charge on any atom is 0.355 e. The van der Waals surface area contributed by atoms with Gasteiger partial charge in [0.2, 0.25) is 0 Å². The van der Waals surface area contributed by atoms with Gasteiger partial charge in [0.05, 0.1) is 5.01 Å². The molecule has 0 bridgehead atoms. The summed E-state index contributed by atoms with van der Waals surface area (Å²) < 4.78 is 0. The first-order valence-electron chi connectivity index (χ1n) is 5.83. The number of hydrogen-bond donors (Lipinski definition) is 1. The van der Waals surface area contributed by atoms with Crippen LogP contribution in [0, 0.1) is 0 Å². The molecule has 1 heterocycles. The van der Waals surface area contributed by atoms with Crippen LogP contribution in [0.3, 0.4) is 0 Å². The summed E-state index contributed by atoms with van der Waals surface area (Å²) in [6.07, 6.45) is 4.69. The van der Waals surface area contributed by atoms with Crippen LogP contribution in [0.2, 0.25) is 0 Å². The van der Waals surface area contributed by atoms with Gasteiger partial charge in [0, 0.05) is 10.8 Å². The minimum absolute atomic E-state index is 0.306. The van der Waals surface area contributed by atoms with Gasteiger partial charge in [-0.2, -0.15) is 0 Å². The summed E-state index contributed by atoms with van der Waals surface area (Å²) in [5, 5.41) is 10.1. The molecule has 1 fully saturated rings. The number of nitrogens with zero attached hydrogens (tertiary/aromatic N) is 1. The van der Waals surface area contributed by atoms with Gasteiger partial charge in [-0.15, -0.1) is 11.3 Å². The summed E-state index contributed by atoms with van der Waals surface area (Å²) in [6.45, 7) is 4.12. The lowest BCUT2D eigenvalue weighted by atomic mass is 10.1. The fourth-order valence-electron chi connectivity index (χ4n) is 2.21. The summed E-state index contributed by atoms with van der Waals surface area (Å²) in [5.41, 5.74) is 0.306. The molecule has 1 aromatic heterocycles. The molecule has 88 valence electrons. The molecule has 1 aliphatic carbocycles. The van der Waals surface area contributed by atoms with E-state index in [0.717, 1.165) is 22.7 Å². The van der Waals surface area contributed by atoms with Crippen LogP contribution < -0.4 is 0 Å². The lowest BCUT2D eigenvalue weighted by Gasteiger charge is -2.05. The number of rotatable bonds is 3. The van der Waals surface area contributed by atoms with E-state index in [1.807, 2.05) is 0 Å². The van der Waals surface area contributed by atoms with Gasteiger partial charge in [-0.3, -0.25) is 0 Å². The average molecular weight is 239 g/mol. The van der Waals surface area contributed by atoms with Crippen LogP contribution in [0.5, 0.6) is 0 Å². The molecule has 0 spiro atoms. The molecular weight excluding hydrogens is 222 g/mol. The largest absolute Gasteiger partial charge is 0.476 e. The fourth-order valence-corrected chi connectivity index (χ4v) is 3.44. The maximum atomic E-state index is 11.2. The van der Waals surface area contributed by atoms with Crippen LogP contribution >= 0.6 is 11.3 Å². The van der Waals surface area contributed by atoms with Gasteiger partial charge in [-0.25, -0.2) is 9.78 Å². The Morgan fingerprint density at radius 1 is 1.44 bits per heavy atom. The molecule has 3 nitrogen and oxygen atoms in total. The number of carboxylic acid groups (broad SMARTS) is 1. The summed E-state index contributed by atoms with van der Waals surface area (Å²) >= 11 is 1.60. The highest BCUT2D eigenvalue weighted by molar-refractivity contribution is 7.12. The van der Waals surface area contributed by atoms with Gasteiger partial charge in [-0.1, -0.05) is 26.7 Å². The molecule has 0 unspecified atom stereocenters. The van der Waals surface area contributed by atoms with Crippen molar-refractivity contribution in [3.8, 4) is 0 Å². The Bertz CT molecular complexity index is 392. The minimum Gasteiger partial charge on any atom is -0.476 e. The number of carboxylic acids is 1. The molecule has 2 rings (SSSR count). The van der Waals surface area contributed by atoms with Crippen LogP contribution in [0.15, 0.2) is 0 Å². The standard InChI is InChI=1S/C12H17NO2S/c1-7(2)11-13-9(12(14)15)10(16-11)8-5-3-4-6-8/h7-8H,3-6H2,1-2H3,(H,14,15). The van der Waals surface area contributed by atoms with E-state index in [1.54, 1.807) is 11.3 Å². The summed E-state index contributed by atoms with van der Waals surface area (Å²) in [7, 11) is 0. The van der Waals surface area contributed by atoms with Crippen LogP contribution in [-0.2, 0) is 0 Å². The highest BCUT2D eigenvalue weighted by Gasteiger charge is 2.27. The number of hydrogen-bond acceptors (Lipinski definition) is 3. The topological polar surface area (TPSA) is 50.2 Å². The van der Waals surface area contributed by atoms with Crippen molar-refractivity contribution in [1.29, 1.82) is 0 Å². The van der Waals surface area contributed by atoms with Crippen molar-refractivity contribution in [3.05, 3.63) is 15.6 Å². The molecule has 0 radical (unpaired) electrons. The van der Waals surface area contributed by atoms with E-state index in [1.165, 1.54) is 12.8 Å². The second-order valence-electron chi connectivity index (χ2n) is 4.71. The Morgan fingerprint density at radius 2 is 2.06 bits per heavy atom. The van der Waals surface area contributed by atoms with Crippen molar-refractivity contribution in [1.82, 2.24) is 4.98 Å². The van der Waals surface area contributed by atoms with Gasteiger partial charge in [-0.05, 0) is 18.8 Å². The SMILES string of the molecule is CC(C)c1nc(C(=O)O)c(C2CCCC2)s1. The number of thiazole rings is 1. The third-order valence-electron chi connectivity index (χ3n) is 3.09. The van der Waals surface area contributed by atoms with Gasteiger partial charge in [0.15, 0.2) is 5.69 Å². The molecule has 1 saturated carbocycles.